The zero-order valence-electron chi connectivity index (χ0n) is 10.3. The van der Waals surface area contributed by atoms with Gasteiger partial charge in [0.05, 0.1) is 18.8 Å². The van der Waals surface area contributed by atoms with Gasteiger partial charge in [0.2, 0.25) is 0 Å². The van der Waals surface area contributed by atoms with Crippen LogP contribution in [0.1, 0.15) is 24.2 Å². The van der Waals surface area contributed by atoms with Crippen molar-refractivity contribution in [2.75, 3.05) is 13.2 Å². The Morgan fingerprint density at radius 3 is 2.72 bits per heavy atom. The smallest absolute Gasteiger partial charge is 0.254 e. The molecule has 0 radical (unpaired) electrons. The van der Waals surface area contributed by atoms with Crippen LogP contribution in [0, 0.1) is 11.6 Å². The van der Waals surface area contributed by atoms with Gasteiger partial charge < -0.3 is 9.64 Å². The Hall–Kier alpha value is -1.49. The Morgan fingerprint density at radius 1 is 1.33 bits per heavy atom. The highest BCUT2D eigenvalue weighted by molar-refractivity contribution is 5.94. The van der Waals surface area contributed by atoms with E-state index < -0.39 is 11.6 Å². The van der Waals surface area contributed by atoms with Crippen molar-refractivity contribution in [1.82, 2.24) is 4.90 Å². The first kappa shape index (κ1) is 13.0. The molecule has 0 unspecified atom stereocenters. The Labute approximate surface area is 104 Å². The summed E-state index contributed by atoms with van der Waals surface area (Å²) >= 11 is 0. The molecule has 1 aliphatic heterocycles. The monoisotopic (exact) mass is 255 g/mol. The normalized spacial score (nSPS) is 24.1. The van der Waals surface area contributed by atoms with Crippen molar-refractivity contribution >= 4 is 5.91 Å². The molecule has 0 aliphatic carbocycles. The molecule has 0 spiro atoms. The molecule has 98 valence electrons. The van der Waals surface area contributed by atoms with Gasteiger partial charge in [0.25, 0.3) is 5.91 Å². The summed E-state index contributed by atoms with van der Waals surface area (Å²) in [5.41, 5.74) is 0.162. The number of hydrogen-bond donors (Lipinski definition) is 0. The molecule has 5 heteroatoms. The van der Waals surface area contributed by atoms with Crippen molar-refractivity contribution in [3.8, 4) is 0 Å². The van der Waals surface area contributed by atoms with Crippen LogP contribution in [0.15, 0.2) is 18.2 Å². The minimum atomic E-state index is -1.00. The number of carbonyl (C=O) groups excluding carboxylic acids is 1. The van der Waals surface area contributed by atoms with Crippen molar-refractivity contribution in [1.29, 1.82) is 0 Å². The lowest BCUT2D eigenvalue weighted by molar-refractivity contribution is -0.0387. The Morgan fingerprint density at radius 2 is 2.06 bits per heavy atom. The number of halogens is 2. The number of amides is 1. The van der Waals surface area contributed by atoms with Gasteiger partial charge in [0.15, 0.2) is 11.6 Å². The molecule has 1 aliphatic rings. The van der Waals surface area contributed by atoms with Crippen LogP contribution in [-0.4, -0.2) is 36.1 Å². The molecule has 2 rings (SSSR count). The van der Waals surface area contributed by atoms with Crippen LogP contribution in [0.3, 0.4) is 0 Å². The Kier molecular flexibility index (Phi) is 3.61. The second-order valence-electron chi connectivity index (χ2n) is 4.58. The van der Waals surface area contributed by atoms with Crippen LogP contribution in [-0.2, 0) is 4.74 Å². The van der Waals surface area contributed by atoms with Crippen molar-refractivity contribution in [2.45, 2.75) is 26.0 Å². The second-order valence-corrected chi connectivity index (χ2v) is 4.58. The topological polar surface area (TPSA) is 29.5 Å². The second kappa shape index (κ2) is 5.02. The van der Waals surface area contributed by atoms with Gasteiger partial charge >= 0.3 is 0 Å². The molecule has 1 amide bonds. The van der Waals surface area contributed by atoms with E-state index in [9.17, 15) is 13.6 Å². The van der Waals surface area contributed by atoms with E-state index in [-0.39, 0.29) is 23.6 Å². The maximum absolute atomic E-state index is 13.1. The molecule has 0 aromatic heterocycles. The number of morpholine rings is 1. The van der Waals surface area contributed by atoms with Gasteiger partial charge in [-0.25, -0.2) is 8.78 Å². The first-order valence-corrected chi connectivity index (χ1v) is 5.86. The number of rotatable bonds is 1. The van der Waals surface area contributed by atoms with E-state index in [1.165, 1.54) is 6.07 Å². The zero-order valence-corrected chi connectivity index (χ0v) is 10.3. The van der Waals surface area contributed by atoms with Crippen LogP contribution in [0.25, 0.3) is 0 Å². The summed E-state index contributed by atoms with van der Waals surface area (Å²) in [7, 11) is 0. The Bertz CT molecular complexity index is 464. The van der Waals surface area contributed by atoms with E-state index in [4.69, 9.17) is 4.74 Å². The highest BCUT2D eigenvalue weighted by Crippen LogP contribution is 2.17. The molecule has 1 heterocycles. The number of hydrogen-bond acceptors (Lipinski definition) is 2. The van der Waals surface area contributed by atoms with Crippen molar-refractivity contribution in [3.63, 3.8) is 0 Å². The number of carbonyl (C=O) groups is 1. The van der Waals surface area contributed by atoms with Crippen molar-refractivity contribution < 1.29 is 18.3 Å². The van der Waals surface area contributed by atoms with Gasteiger partial charge in [-0.05, 0) is 32.0 Å². The minimum Gasteiger partial charge on any atom is -0.375 e. The molecule has 2 atom stereocenters. The Balaban J connectivity index is 2.21. The summed E-state index contributed by atoms with van der Waals surface area (Å²) in [5.74, 6) is -2.25. The fraction of sp³-hybridized carbons (Fsp3) is 0.462. The van der Waals surface area contributed by atoms with Crippen LogP contribution in [0.2, 0.25) is 0 Å². The summed E-state index contributed by atoms with van der Waals surface area (Å²) in [6.07, 6.45) is -0.0459. The molecule has 0 bridgehead atoms. The first-order valence-electron chi connectivity index (χ1n) is 5.86. The van der Waals surface area contributed by atoms with Crippen molar-refractivity contribution in [2.24, 2.45) is 0 Å². The van der Waals surface area contributed by atoms with Crippen LogP contribution in [0.5, 0.6) is 0 Å². The first-order chi connectivity index (χ1) is 8.49. The highest BCUT2D eigenvalue weighted by Gasteiger charge is 2.28. The van der Waals surface area contributed by atoms with E-state index >= 15 is 0 Å². The molecule has 1 saturated heterocycles. The molecule has 0 N–H and O–H groups in total. The lowest BCUT2D eigenvalue weighted by atomic mass is 10.1. The molecule has 3 nitrogen and oxygen atoms in total. The molecule has 1 aromatic carbocycles. The van der Waals surface area contributed by atoms with Crippen LogP contribution in [0.4, 0.5) is 8.78 Å². The van der Waals surface area contributed by atoms with Crippen molar-refractivity contribution in [3.05, 3.63) is 35.4 Å². The molecule has 1 fully saturated rings. The van der Waals surface area contributed by atoms with Gasteiger partial charge in [0.1, 0.15) is 0 Å². The average Bonchev–Trinajstić information content (AvgIpc) is 2.35. The number of ether oxygens (including phenoxy) is 1. The lowest BCUT2D eigenvalue weighted by Gasteiger charge is -2.36. The summed E-state index contributed by atoms with van der Waals surface area (Å²) in [6, 6.07) is 3.14. The van der Waals surface area contributed by atoms with Gasteiger partial charge in [0, 0.05) is 12.1 Å². The van der Waals surface area contributed by atoms with Gasteiger partial charge in [-0.3, -0.25) is 4.79 Å². The standard InChI is InChI=1S/C13H15F2NO2/c1-8-7-18-9(2)6-16(8)13(17)10-3-4-11(14)12(15)5-10/h3-5,8-9H,6-7H2,1-2H3/t8-,9-/m0/s1. The predicted octanol–water partition coefficient (Wildman–Crippen LogP) is 2.21. The lowest BCUT2D eigenvalue weighted by Crippen LogP contribution is -2.50. The zero-order chi connectivity index (χ0) is 13.3. The predicted molar refractivity (Wildman–Crippen MR) is 62.3 cm³/mol. The quantitative estimate of drug-likeness (QED) is 0.770. The summed E-state index contributed by atoms with van der Waals surface area (Å²) in [5, 5.41) is 0. The third kappa shape index (κ3) is 2.51. The summed E-state index contributed by atoms with van der Waals surface area (Å²) in [6.45, 7) is 4.65. The molecule has 0 saturated carbocycles. The van der Waals surface area contributed by atoms with E-state index in [1.54, 1.807) is 4.90 Å². The van der Waals surface area contributed by atoms with E-state index in [1.807, 2.05) is 13.8 Å². The molecular weight excluding hydrogens is 240 g/mol. The largest absolute Gasteiger partial charge is 0.375 e. The molecule has 18 heavy (non-hydrogen) atoms. The molecular formula is C13H15F2NO2. The van der Waals surface area contributed by atoms with Crippen LogP contribution >= 0.6 is 0 Å². The summed E-state index contributed by atoms with van der Waals surface area (Å²) < 4.78 is 31.4. The van der Waals surface area contributed by atoms with E-state index in [0.717, 1.165) is 12.1 Å². The number of benzene rings is 1. The highest BCUT2D eigenvalue weighted by atomic mass is 19.2. The minimum absolute atomic E-state index is 0.0459. The SMILES string of the molecule is C[C@H]1CN(C(=O)c2ccc(F)c(F)c2)[C@@H](C)CO1. The van der Waals surface area contributed by atoms with Gasteiger partial charge in [-0.15, -0.1) is 0 Å². The van der Waals surface area contributed by atoms with E-state index in [0.29, 0.717) is 13.2 Å². The summed E-state index contributed by atoms with van der Waals surface area (Å²) in [4.78, 5) is 13.8. The maximum Gasteiger partial charge on any atom is 0.254 e. The van der Waals surface area contributed by atoms with Gasteiger partial charge in [-0.2, -0.15) is 0 Å². The fourth-order valence-electron chi connectivity index (χ4n) is 1.98. The third-order valence-corrected chi connectivity index (χ3v) is 3.04. The fourth-order valence-corrected chi connectivity index (χ4v) is 1.98. The molecule has 1 aromatic rings. The van der Waals surface area contributed by atoms with E-state index in [2.05, 4.69) is 0 Å². The van der Waals surface area contributed by atoms with Gasteiger partial charge in [-0.1, -0.05) is 0 Å². The average molecular weight is 255 g/mol. The number of nitrogens with zero attached hydrogens (tertiary/aromatic N) is 1. The van der Waals surface area contributed by atoms with Crippen LogP contribution < -0.4 is 0 Å². The maximum atomic E-state index is 13.1. The third-order valence-electron chi connectivity index (χ3n) is 3.04.